The summed E-state index contributed by atoms with van der Waals surface area (Å²) in [4.78, 5) is 27.6. The largest absolute Gasteiger partial charge is 0.468 e. The summed E-state index contributed by atoms with van der Waals surface area (Å²) in [5, 5.41) is 12.7. The van der Waals surface area contributed by atoms with Crippen molar-refractivity contribution in [3.05, 3.63) is 53.1 Å². The zero-order valence-electron chi connectivity index (χ0n) is 19.6. The quantitative estimate of drug-likeness (QED) is 0.301. The van der Waals surface area contributed by atoms with Crippen molar-refractivity contribution in [3.63, 3.8) is 0 Å². The van der Waals surface area contributed by atoms with E-state index in [-0.39, 0.29) is 11.6 Å². The van der Waals surface area contributed by atoms with Gasteiger partial charge in [0.2, 0.25) is 6.23 Å². The number of aliphatic hydroxyl groups is 1. The van der Waals surface area contributed by atoms with E-state index in [0.717, 1.165) is 19.4 Å². The predicted molar refractivity (Wildman–Crippen MR) is 122 cm³/mol. The van der Waals surface area contributed by atoms with Gasteiger partial charge in [-0.15, -0.1) is 0 Å². The molecule has 1 aromatic carbocycles. The van der Waals surface area contributed by atoms with Crippen LogP contribution in [0, 0.1) is 5.92 Å². The molecule has 5 atom stereocenters. The first-order chi connectivity index (χ1) is 16.9. The number of para-hydroxylation sites is 1. The Hall–Kier alpha value is -2.90. The van der Waals surface area contributed by atoms with Gasteiger partial charge in [0.1, 0.15) is 23.7 Å². The van der Waals surface area contributed by atoms with Crippen LogP contribution in [0.15, 0.2) is 47.4 Å². The molecule has 1 saturated heterocycles. The number of anilines is 1. The first-order valence-electron chi connectivity index (χ1n) is 10.8. The number of halogens is 2. The molecule has 0 amide bonds. The van der Waals surface area contributed by atoms with Crippen molar-refractivity contribution in [1.82, 2.24) is 14.6 Å². The Bertz CT molecular complexity index is 1170. The minimum Gasteiger partial charge on any atom is -0.468 e. The number of benzene rings is 1. The molecule has 1 fully saturated rings. The Labute approximate surface area is 204 Å². The lowest BCUT2D eigenvalue weighted by Gasteiger charge is -2.27. The fraction of sp³-hybridized carbons (Fsp3) is 0.476. The summed E-state index contributed by atoms with van der Waals surface area (Å²) < 4.78 is 64.5. The maximum Gasteiger partial charge on any atom is 0.459 e. The number of methoxy groups -OCH3 is 1. The summed E-state index contributed by atoms with van der Waals surface area (Å²) in [5.74, 6) is -5.23. The third kappa shape index (κ3) is 6.08. The van der Waals surface area contributed by atoms with Crippen LogP contribution in [-0.4, -0.2) is 58.5 Å². The normalized spacial score (nSPS) is 23.7. The van der Waals surface area contributed by atoms with Crippen molar-refractivity contribution in [3.8, 4) is 5.75 Å². The average Bonchev–Trinajstić information content (AvgIpc) is 3.05. The fourth-order valence-electron chi connectivity index (χ4n) is 3.36. The molecule has 1 aliphatic rings. The van der Waals surface area contributed by atoms with E-state index in [2.05, 4.69) is 10.1 Å². The minimum atomic E-state index is -4.43. The van der Waals surface area contributed by atoms with Crippen molar-refractivity contribution in [2.24, 2.45) is 5.92 Å². The van der Waals surface area contributed by atoms with E-state index in [1.807, 2.05) is 0 Å². The van der Waals surface area contributed by atoms with Gasteiger partial charge in [-0.25, -0.2) is 9.36 Å². The van der Waals surface area contributed by atoms with Crippen LogP contribution in [0.2, 0.25) is 0 Å². The maximum absolute atomic E-state index is 14.8. The summed E-state index contributed by atoms with van der Waals surface area (Å²) in [5.41, 5.74) is 4.27. The molecule has 0 saturated carbocycles. The number of carbonyl (C=O) groups is 1. The van der Waals surface area contributed by atoms with E-state index in [9.17, 15) is 28.0 Å². The van der Waals surface area contributed by atoms with Crippen molar-refractivity contribution in [2.45, 2.75) is 44.2 Å². The van der Waals surface area contributed by atoms with E-state index >= 15 is 0 Å². The Morgan fingerprint density at radius 1 is 1.33 bits per heavy atom. The molecular weight excluding hydrogens is 505 g/mol. The first-order valence-corrected chi connectivity index (χ1v) is 12.3. The number of nitrogen functional groups attached to an aromatic ring is 1. The molecule has 4 N–H and O–H groups in total. The van der Waals surface area contributed by atoms with Crippen LogP contribution in [0.25, 0.3) is 0 Å². The Morgan fingerprint density at radius 2 is 2.00 bits per heavy atom. The number of hydrogen-bond acceptors (Lipinski definition) is 10. The van der Waals surface area contributed by atoms with Crippen LogP contribution < -0.4 is 21.0 Å². The van der Waals surface area contributed by atoms with Gasteiger partial charge >= 0.3 is 25.3 Å². The molecule has 3 rings (SSSR count). The van der Waals surface area contributed by atoms with Gasteiger partial charge < -0.3 is 24.8 Å². The standard InChI is InChI=1S/C21H27F2N4O8P/c1-12(2)16(18(29)32-3)26-36(31,35-13-7-5-4-6-8-13)33-11-14-17(28)21(22,23)19(34-14)27-10-9-15(24)25-20(27)30/h4-10,12,14,16-17,19,28H,11H2,1-3H3,(H,26,31)(H2,24,25,30)/t14-,16+,17-,19-,36?/m1/s1. The smallest absolute Gasteiger partial charge is 0.459 e. The zero-order valence-corrected chi connectivity index (χ0v) is 20.5. The highest BCUT2D eigenvalue weighted by atomic mass is 31.2. The topological polar surface area (TPSA) is 164 Å². The van der Waals surface area contributed by atoms with Gasteiger partial charge in [-0.2, -0.15) is 18.9 Å². The third-order valence-electron chi connectivity index (χ3n) is 5.28. The van der Waals surface area contributed by atoms with Crippen LogP contribution in [0.3, 0.4) is 0 Å². The molecule has 1 unspecified atom stereocenters. The summed E-state index contributed by atoms with van der Waals surface area (Å²) >= 11 is 0. The van der Waals surface area contributed by atoms with Crippen LogP contribution in [0.5, 0.6) is 5.75 Å². The van der Waals surface area contributed by atoms with Crippen molar-refractivity contribution < 1.29 is 41.8 Å². The molecular formula is C21H27F2N4O8P. The van der Waals surface area contributed by atoms with Crippen molar-refractivity contribution >= 4 is 19.5 Å². The number of carbonyl (C=O) groups excluding carboxylic acids is 1. The van der Waals surface area contributed by atoms with Crippen LogP contribution in [-0.2, 0) is 23.4 Å². The second-order valence-corrected chi connectivity index (χ2v) is 9.95. The van der Waals surface area contributed by atoms with Gasteiger partial charge in [0.25, 0.3) is 0 Å². The molecule has 36 heavy (non-hydrogen) atoms. The summed E-state index contributed by atoms with van der Waals surface area (Å²) in [6.45, 7) is 2.44. The molecule has 15 heteroatoms. The highest BCUT2D eigenvalue weighted by Crippen LogP contribution is 2.48. The average molecular weight is 532 g/mol. The van der Waals surface area contributed by atoms with Gasteiger partial charge in [-0.1, -0.05) is 32.0 Å². The molecule has 2 heterocycles. The third-order valence-corrected chi connectivity index (χ3v) is 6.81. The summed E-state index contributed by atoms with van der Waals surface area (Å²) in [6, 6.07) is 7.75. The molecule has 198 valence electrons. The lowest BCUT2D eigenvalue weighted by Crippen LogP contribution is -2.43. The highest BCUT2D eigenvalue weighted by Gasteiger charge is 2.60. The number of rotatable bonds is 10. The highest BCUT2D eigenvalue weighted by molar-refractivity contribution is 7.52. The zero-order chi connectivity index (χ0) is 26.7. The molecule has 0 spiro atoms. The number of nitrogens with two attached hydrogens (primary N) is 1. The second kappa shape index (κ2) is 11.0. The Balaban J connectivity index is 1.84. The van der Waals surface area contributed by atoms with Crippen molar-refractivity contribution in [1.29, 1.82) is 0 Å². The number of hydrogen-bond donors (Lipinski definition) is 3. The van der Waals surface area contributed by atoms with Crippen LogP contribution in [0.4, 0.5) is 14.6 Å². The summed E-state index contributed by atoms with van der Waals surface area (Å²) in [6.07, 6.45) is -5.46. The number of esters is 1. The van der Waals surface area contributed by atoms with Crippen LogP contribution >= 0.6 is 7.75 Å². The van der Waals surface area contributed by atoms with E-state index < -0.39 is 62.3 Å². The SMILES string of the molecule is COC(=O)[C@@H](NP(=O)(OC[C@H]1O[C@@H](n2ccc(N)nc2=O)C(F)(F)[C@@H]1O)Oc1ccccc1)C(C)C. The summed E-state index contributed by atoms with van der Waals surface area (Å²) in [7, 11) is -3.29. The number of nitrogens with zero attached hydrogens (tertiary/aromatic N) is 2. The second-order valence-electron chi connectivity index (χ2n) is 8.26. The number of ether oxygens (including phenoxy) is 2. The monoisotopic (exact) mass is 532 g/mol. The first kappa shape index (κ1) is 27.7. The molecule has 12 nitrogen and oxygen atoms in total. The number of aromatic nitrogens is 2. The van der Waals surface area contributed by atoms with Gasteiger partial charge in [-0.05, 0) is 24.1 Å². The molecule has 0 bridgehead atoms. The van der Waals surface area contributed by atoms with E-state index in [1.54, 1.807) is 32.0 Å². The predicted octanol–water partition coefficient (Wildman–Crippen LogP) is 1.71. The fourth-order valence-corrected chi connectivity index (χ4v) is 5.03. The van der Waals surface area contributed by atoms with E-state index in [0.29, 0.717) is 4.57 Å². The number of aliphatic hydroxyl groups excluding tert-OH is 1. The van der Waals surface area contributed by atoms with E-state index in [1.165, 1.54) is 12.1 Å². The van der Waals surface area contributed by atoms with Gasteiger partial charge in [-0.3, -0.25) is 13.9 Å². The molecule has 1 aliphatic heterocycles. The minimum absolute atomic E-state index is 0.0938. The van der Waals surface area contributed by atoms with Crippen molar-refractivity contribution in [2.75, 3.05) is 19.5 Å². The van der Waals surface area contributed by atoms with Gasteiger partial charge in [0.15, 0.2) is 6.10 Å². The molecule has 2 aromatic rings. The Kier molecular flexibility index (Phi) is 8.47. The van der Waals surface area contributed by atoms with Gasteiger partial charge in [0, 0.05) is 6.20 Å². The number of nitrogens with one attached hydrogen (secondary N) is 1. The number of alkyl halides is 2. The molecule has 0 aliphatic carbocycles. The van der Waals surface area contributed by atoms with Gasteiger partial charge in [0.05, 0.1) is 13.7 Å². The lowest BCUT2D eigenvalue weighted by atomic mass is 10.1. The molecule has 1 aromatic heterocycles. The maximum atomic E-state index is 14.8. The lowest BCUT2D eigenvalue weighted by molar-refractivity contribution is -0.143. The molecule has 0 radical (unpaired) electrons. The van der Waals surface area contributed by atoms with Crippen LogP contribution in [0.1, 0.15) is 20.1 Å². The van der Waals surface area contributed by atoms with E-state index in [4.69, 9.17) is 24.3 Å². The Morgan fingerprint density at radius 3 is 2.58 bits per heavy atom.